The van der Waals surface area contributed by atoms with Crippen molar-refractivity contribution in [2.45, 2.75) is 0 Å². The van der Waals surface area contributed by atoms with Gasteiger partial charge in [0.15, 0.2) is 0 Å². The number of hydrogen-bond acceptors (Lipinski definition) is 11. The van der Waals surface area contributed by atoms with Gasteiger partial charge in [-0.1, -0.05) is 0 Å². The van der Waals surface area contributed by atoms with Crippen LogP contribution in [0.4, 0.5) is 17.8 Å². The van der Waals surface area contributed by atoms with E-state index in [-0.39, 0.29) is 17.8 Å². The van der Waals surface area contributed by atoms with Crippen molar-refractivity contribution >= 4 is 17.8 Å². The van der Waals surface area contributed by atoms with Crippen LogP contribution in [0.15, 0.2) is 0 Å². The zero-order chi connectivity index (χ0) is 16.6. The van der Waals surface area contributed by atoms with Crippen molar-refractivity contribution in [3.05, 3.63) is 0 Å². The largest absolute Gasteiger partial charge is 0.368 e. The number of nitrogen functional groups attached to an aromatic ring is 3. The Labute approximate surface area is 130 Å². The number of aromatic nitrogens is 3. The summed E-state index contributed by atoms with van der Waals surface area (Å²) < 4.78 is 0. The van der Waals surface area contributed by atoms with Crippen molar-refractivity contribution in [1.82, 2.24) is 30.9 Å². The van der Waals surface area contributed by atoms with Gasteiger partial charge in [-0.3, -0.25) is 0 Å². The molecule has 0 aromatic carbocycles. The smallest absolute Gasteiger partial charge is 0.226 e. The van der Waals surface area contributed by atoms with Gasteiger partial charge in [0.1, 0.15) is 0 Å². The lowest BCUT2D eigenvalue weighted by Crippen LogP contribution is -2.35. The van der Waals surface area contributed by atoms with Crippen LogP contribution in [0.3, 0.4) is 0 Å². The Bertz CT molecular complexity index is 313. The summed E-state index contributed by atoms with van der Waals surface area (Å²) in [5, 5.41) is 9.71. The van der Waals surface area contributed by atoms with E-state index in [0.29, 0.717) is 13.1 Å². The fourth-order valence-corrected chi connectivity index (χ4v) is 1.36. The van der Waals surface area contributed by atoms with E-state index in [2.05, 4.69) is 30.9 Å². The zero-order valence-electron chi connectivity index (χ0n) is 12.9. The third kappa shape index (κ3) is 13.2. The van der Waals surface area contributed by atoms with E-state index in [1.807, 2.05) is 0 Å². The lowest BCUT2D eigenvalue weighted by atomic mass is 10.5. The first-order valence-corrected chi connectivity index (χ1v) is 7.15. The topological polar surface area (TPSA) is 205 Å². The van der Waals surface area contributed by atoms with E-state index in [4.69, 9.17) is 28.7 Å². The first-order chi connectivity index (χ1) is 10.6. The Morgan fingerprint density at radius 2 is 0.818 bits per heavy atom. The van der Waals surface area contributed by atoms with Crippen molar-refractivity contribution in [1.29, 1.82) is 0 Å². The quantitative estimate of drug-likeness (QED) is 0.197. The molecule has 0 aliphatic heterocycles. The maximum Gasteiger partial charge on any atom is 0.226 e. The Morgan fingerprint density at radius 3 is 1.09 bits per heavy atom. The molecule has 1 heterocycles. The molecule has 22 heavy (non-hydrogen) atoms. The molecule has 1 aromatic heterocycles. The van der Waals surface area contributed by atoms with E-state index in [1.165, 1.54) is 0 Å². The summed E-state index contributed by atoms with van der Waals surface area (Å²) >= 11 is 0. The summed E-state index contributed by atoms with van der Waals surface area (Å²) in [4.78, 5) is 10.5. The second kappa shape index (κ2) is 14.2. The summed E-state index contributed by atoms with van der Waals surface area (Å²) in [6.07, 6.45) is 0. The molecule has 1 rings (SSSR count). The van der Waals surface area contributed by atoms with Gasteiger partial charge < -0.3 is 44.6 Å². The molecule has 0 saturated heterocycles. The number of nitrogens with one attached hydrogen (secondary N) is 3. The van der Waals surface area contributed by atoms with Gasteiger partial charge in [-0.2, -0.15) is 15.0 Å². The highest BCUT2D eigenvalue weighted by Gasteiger charge is 1.93. The minimum Gasteiger partial charge on any atom is -0.368 e. The molecule has 0 amide bonds. The summed E-state index contributed by atoms with van der Waals surface area (Å²) in [5.41, 5.74) is 26.1. The van der Waals surface area contributed by atoms with Gasteiger partial charge in [-0.05, 0) is 0 Å². The van der Waals surface area contributed by atoms with Gasteiger partial charge >= 0.3 is 0 Å². The Morgan fingerprint density at radius 1 is 0.545 bits per heavy atom. The average Bonchev–Trinajstić information content (AvgIpc) is 2.45. The summed E-state index contributed by atoms with van der Waals surface area (Å²) in [7, 11) is 0. The van der Waals surface area contributed by atoms with Gasteiger partial charge in [-0.25, -0.2) is 0 Å². The molecule has 0 bridgehead atoms. The van der Waals surface area contributed by atoms with Gasteiger partial charge in [-0.15, -0.1) is 0 Å². The maximum absolute atomic E-state index is 5.32. The van der Waals surface area contributed by atoms with Crippen LogP contribution in [-0.2, 0) is 0 Å². The molecule has 0 atom stereocenters. The van der Waals surface area contributed by atoms with E-state index in [1.54, 1.807) is 0 Å². The molecule has 0 saturated carbocycles. The van der Waals surface area contributed by atoms with Crippen molar-refractivity contribution < 1.29 is 0 Å². The van der Waals surface area contributed by atoms with E-state index in [0.717, 1.165) is 39.3 Å². The number of anilines is 3. The van der Waals surface area contributed by atoms with Gasteiger partial charge in [0, 0.05) is 52.4 Å². The molecular weight excluding hydrogens is 286 g/mol. The fraction of sp³-hybridized carbons (Fsp3) is 0.727. The highest BCUT2D eigenvalue weighted by atomic mass is 15.2. The van der Waals surface area contributed by atoms with E-state index >= 15 is 0 Å². The van der Waals surface area contributed by atoms with Crippen molar-refractivity contribution in [2.75, 3.05) is 69.6 Å². The minimum absolute atomic E-state index is 0.0417. The molecule has 0 unspecified atom stereocenters. The second-order valence-electron chi connectivity index (χ2n) is 4.24. The zero-order valence-corrected chi connectivity index (χ0v) is 12.9. The van der Waals surface area contributed by atoms with E-state index < -0.39 is 0 Å². The number of nitrogens with two attached hydrogens (primary N) is 5. The summed E-state index contributed by atoms with van der Waals surface area (Å²) in [6.45, 7) is 7.15. The van der Waals surface area contributed by atoms with Crippen LogP contribution >= 0.6 is 0 Å². The lowest BCUT2D eigenvalue weighted by Gasteiger charge is -2.06. The Hall–Kier alpha value is -1.79. The van der Waals surface area contributed by atoms with Crippen LogP contribution in [0.1, 0.15) is 0 Å². The highest BCUT2D eigenvalue weighted by Crippen LogP contribution is 1.97. The molecule has 0 spiro atoms. The standard InChI is InChI=1S/C8H23N5.C3H6N6/c9-1-3-11-5-7-13-8-6-12-4-2-10;4-1-7-2(5)9-3(6)8-1/h11-13H,1-10H2;(H6,4,5,6,7,8,9). The van der Waals surface area contributed by atoms with E-state index in [9.17, 15) is 0 Å². The fourth-order valence-electron chi connectivity index (χ4n) is 1.36. The van der Waals surface area contributed by atoms with Gasteiger partial charge in [0.05, 0.1) is 0 Å². The van der Waals surface area contributed by atoms with Crippen LogP contribution in [0.5, 0.6) is 0 Å². The Kier molecular flexibility index (Phi) is 13.0. The van der Waals surface area contributed by atoms with Crippen molar-refractivity contribution in [3.63, 3.8) is 0 Å². The number of hydrogen-bond donors (Lipinski definition) is 8. The van der Waals surface area contributed by atoms with Crippen molar-refractivity contribution in [3.8, 4) is 0 Å². The highest BCUT2D eigenvalue weighted by molar-refractivity contribution is 5.33. The monoisotopic (exact) mass is 315 g/mol. The second-order valence-corrected chi connectivity index (χ2v) is 4.24. The Balaban J connectivity index is 0.000000425. The number of nitrogens with zero attached hydrogens (tertiary/aromatic N) is 3. The molecule has 13 N–H and O–H groups in total. The van der Waals surface area contributed by atoms with Crippen molar-refractivity contribution in [2.24, 2.45) is 11.5 Å². The van der Waals surface area contributed by atoms with Crippen LogP contribution in [0, 0.1) is 0 Å². The van der Waals surface area contributed by atoms with Crippen LogP contribution in [-0.4, -0.2) is 67.3 Å². The normalized spacial score (nSPS) is 10.1. The van der Waals surface area contributed by atoms with Gasteiger partial charge in [0.25, 0.3) is 0 Å². The predicted octanol–water partition coefficient (Wildman–Crippen LogP) is -3.71. The summed E-state index contributed by atoms with van der Waals surface area (Å²) in [6, 6.07) is 0. The third-order valence-corrected chi connectivity index (χ3v) is 2.29. The molecule has 0 aliphatic rings. The van der Waals surface area contributed by atoms with Crippen LogP contribution in [0.2, 0.25) is 0 Å². The molecule has 128 valence electrons. The minimum atomic E-state index is 0.0417. The van der Waals surface area contributed by atoms with Crippen LogP contribution < -0.4 is 44.6 Å². The molecule has 1 aromatic rings. The first kappa shape index (κ1) is 20.2. The molecule has 0 fully saturated rings. The SMILES string of the molecule is NCCNCCNCCNCCN.Nc1nc(N)nc(N)n1. The molecular formula is C11H29N11. The first-order valence-electron chi connectivity index (χ1n) is 7.15. The molecule has 0 aliphatic carbocycles. The average molecular weight is 315 g/mol. The summed E-state index contributed by atoms with van der Waals surface area (Å²) in [5.74, 6) is 0.125. The third-order valence-electron chi connectivity index (χ3n) is 2.29. The lowest BCUT2D eigenvalue weighted by molar-refractivity contribution is 0.586. The van der Waals surface area contributed by atoms with Crippen LogP contribution in [0.25, 0.3) is 0 Å². The predicted molar refractivity (Wildman–Crippen MR) is 89.8 cm³/mol. The van der Waals surface area contributed by atoms with Gasteiger partial charge in [0.2, 0.25) is 17.8 Å². The number of rotatable bonds is 10. The molecule has 0 radical (unpaired) electrons. The molecule has 11 nitrogen and oxygen atoms in total. The maximum atomic E-state index is 5.32. The molecule has 11 heteroatoms.